The van der Waals surface area contributed by atoms with Crippen molar-refractivity contribution in [3.05, 3.63) is 60.2 Å². The maximum Gasteiger partial charge on any atom is 0.455 e. The second-order valence-corrected chi connectivity index (χ2v) is 5.27. The first-order valence-electron chi connectivity index (χ1n) is 6.91. The molecule has 0 unspecified atom stereocenters. The number of hydrogen-bond acceptors (Lipinski definition) is 2. The van der Waals surface area contributed by atoms with E-state index in [-0.39, 0.29) is 11.1 Å². The van der Waals surface area contributed by atoms with Crippen molar-refractivity contribution in [2.45, 2.75) is 6.18 Å². The van der Waals surface area contributed by atoms with E-state index < -0.39 is 17.5 Å². The maximum absolute atomic E-state index is 13.0. The number of hydrogen-bond donors (Lipinski definition) is 0. The highest BCUT2D eigenvalue weighted by molar-refractivity contribution is 6.21. The number of ketones is 1. The van der Waals surface area contributed by atoms with Gasteiger partial charge in [-0.2, -0.15) is 13.2 Å². The van der Waals surface area contributed by atoms with Gasteiger partial charge in [0.2, 0.25) is 0 Å². The van der Waals surface area contributed by atoms with E-state index in [1.807, 2.05) is 12.1 Å². The van der Waals surface area contributed by atoms with Gasteiger partial charge in [0.1, 0.15) is 11.3 Å². The molecule has 2 nitrogen and oxygen atoms in total. The molecule has 0 saturated heterocycles. The molecule has 2 aromatic carbocycles. The number of para-hydroxylation sites is 1. The Morgan fingerprint density at radius 1 is 0.913 bits per heavy atom. The summed E-state index contributed by atoms with van der Waals surface area (Å²) in [4.78, 5) is 11.9. The molecule has 0 spiro atoms. The Balaban J connectivity index is 2.18. The smallest absolute Gasteiger partial charge is 0.455 e. The van der Waals surface area contributed by atoms with Gasteiger partial charge in [0.15, 0.2) is 0 Å². The Morgan fingerprint density at radius 2 is 1.57 bits per heavy atom. The summed E-state index contributed by atoms with van der Waals surface area (Å²) in [7, 11) is 0. The first-order chi connectivity index (χ1) is 11.0. The lowest BCUT2D eigenvalue weighted by Gasteiger charge is -2.07. The summed E-state index contributed by atoms with van der Waals surface area (Å²) in [6, 6.07) is 15.3. The van der Waals surface area contributed by atoms with Crippen LogP contribution in [-0.4, -0.2) is 12.0 Å². The Bertz CT molecular complexity index is 1030. The van der Waals surface area contributed by atoms with Gasteiger partial charge in [-0.05, 0) is 22.9 Å². The Morgan fingerprint density at radius 3 is 2.30 bits per heavy atom. The van der Waals surface area contributed by atoms with Crippen LogP contribution >= 0.6 is 0 Å². The lowest BCUT2D eigenvalue weighted by atomic mass is 10.1. The molecule has 0 radical (unpaired) electrons. The zero-order valence-corrected chi connectivity index (χ0v) is 11.6. The average molecular weight is 314 g/mol. The molecule has 0 atom stereocenters. The summed E-state index contributed by atoms with van der Waals surface area (Å²) in [5, 5.41) is 1.59. The third kappa shape index (κ3) is 2.00. The van der Waals surface area contributed by atoms with Crippen LogP contribution in [0.4, 0.5) is 13.2 Å². The molecular formula is C18H9F3O2. The quantitative estimate of drug-likeness (QED) is 0.438. The van der Waals surface area contributed by atoms with Crippen LogP contribution in [0.15, 0.2) is 59.0 Å². The van der Waals surface area contributed by atoms with E-state index in [2.05, 4.69) is 0 Å². The molecule has 2 aromatic rings. The molecule has 114 valence electrons. The fraction of sp³-hybridized carbons (Fsp3) is 0.0556. The van der Waals surface area contributed by atoms with E-state index >= 15 is 0 Å². The van der Waals surface area contributed by atoms with Crippen molar-refractivity contribution in [3.63, 3.8) is 0 Å². The number of alkyl halides is 3. The average Bonchev–Trinajstić information content (AvgIpc) is 2.84. The van der Waals surface area contributed by atoms with Gasteiger partial charge in [-0.25, -0.2) is 0 Å². The van der Waals surface area contributed by atoms with Crippen LogP contribution in [0.1, 0.15) is 10.4 Å². The molecule has 0 aromatic heterocycles. The molecule has 23 heavy (non-hydrogen) atoms. The maximum atomic E-state index is 13.0. The molecule has 1 aliphatic carbocycles. The molecule has 0 fully saturated rings. The van der Waals surface area contributed by atoms with Crippen molar-refractivity contribution in [1.82, 2.24) is 0 Å². The molecular weight excluding hydrogens is 305 g/mol. The van der Waals surface area contributed by atoms with E-state index in [4.69, 9.17) is 4.42 Å². The van der Waals surface area contributed by atoms with Crippen molar-refractivity contribution >= 4 is 27.5 Å². The van der Waals surface area contributed by atoms with Gasteiger partial charge in [0.25, 0.3) is 5.78 Å². The van der Waals surface area contributed by atoms with Gasteiger partial charge in [-0.15, -0.1) is 0 Å². The highest BCUT2D eigenvalue weighted by Crippen LogP contribution is 2.43. The summed E-state index contributed by atoms with van der Waals surface area (Å²) in [5.41, 5.74) is 0.521. The van der Waals surface area contributed by atoms with E-state index in [1.165, 1.54) is 6.07 Å². The van der Waals surface area contributed by atoms with Crippen LogP contribution in [0.2, 0.25) is 0 Å². The minimum absolute atomic E-state index is 0.0211. The molecule has 4 rings (SSSR count). The first-order valence-corrected chi connectivity index (χ1v) is 6.91. The Hall–Kier alpha value is -2.82. The summed E-state index contributed by atoms with van der Waals surface area (Å²) >= 11 is 0. The van der Waals surface area contributed by atoms with E-state index in [9.17, 15) is 18.0 Å². The van der Waals surface area contributed by atoms with Gasteiger partial charge in [-0.1, -0.05) is 42.5 Å². The lowest BCUT2D eigenvalue weighted by molar-refractivity contribution is -0.0884. The van der Waals surface area contributed by atoms with Crippen molar-refractivity contribution < 1.29 is 22.4 Å². The molecule has 0 N–H and O–H groups in total. The predicted octanol–water partition coefficient (Wildman–Crippen LogP) is 5.44. The molecule has 0 saturated carbocycles. The Kier molecular flexibility index (Phi) is 2.75. The zero-order chi connectivity index (χ0) is 16.2. The van der Waals surface area contributed by atoms with E-state index in [0.717, 1.165) is 5.39 Å². The Labute approximate surface area is 128 Å². The van der Waals surface area contributed by atoms with E-state index in [0.29, 0.717) is 16.5 Å². The highest BCUT2D eigenvalue weighted by Gasteiger charge is 2.43. The number of Topliss-reactive ketones (excluding diaryl/α,β-unsaturated/α-hetero) is 1. The lowest BCUT2D eigenvalue weighted by Crippen LogP contribution is -2.22. The molecule has 5 heteroatoms. The number of halogens is 3. The van der Waals surface area contributed by atoms with Gasteiger partial charge in [-0.3, -0.25) is 4.79 Å². The summed E-state index contributed by atoms with van der Waals surface area (Å²) in [6.45, 7) is 0. The number of benzene rings is 2. The summed E-state index contributed by atoms with van der Waals surface area (Å²) in [6.07, 6.45) is -4.95. The third-order valence-electron chi connectivity index (χ3n) is 3.87. The van der Waals surface area contributed by atoms with Crippen LogP contribution in [0, 0.1) is 0 Å². The van der Waals surface area contributed by atoms with Crippen LogP contribution in [0.3, 0.4) is 0 Å². The van der Waals surface area contributed by atoms with E-state index in [1.54, 1.807) is 36.4 Å². The molecule has 1 aliphatic heterocycles. The summed E-state index contributed by atoms with van der Waals surface area (Å²) < 4.78 is 44.6. The topological polar surface area (TPSA) is 30.2 Å². The fourth-order valence-electron chi connectivity index (χ4n) is 2.89. The van der Waals surface area contributed by atoms with Crippen LogP contribution < -0.4 is 0 Å². The molecule has 1 heterocycles. The number of carbonyl (C=O) groups is 1. The van der Waals surface area contributed by atoms with Crippen LogP contribution in [0.25, 0.3) is 33.1 Å². The number of rotatable bonds is 1. The summed E-state index contributed by atoms with van der Waals surface area (Å²) in [5.74, 6) is -1.91. The van der Waals surface area contributed by atoms with Crippen molar-refractivity contribution in [3.8, 4) is 11.3 Å². The van der Waals surface area contributed by atoms with Crippen LogP contribution in [-0.2, 0) is 0 Å². The van der Waals surface area contributed by atoms with Gasteiger partial charge < -0.3 is 4.42 Å². The van der Waals surface area contributed by atoms with Crippen molar-refractivity contribution in [1.29, 1.82) is 0 Å². The van der Waals surface area contributed by atoms with Crippen molar-refractivity contribution in [2.24, 2.45) is 0 Å². The second kappa shape index (κ2) is 4.59. The molecule has 0 amide bonds. The normalized spacial score (nSPS) is 12.3. The molecule has 0 bridgehead atoms. The van der Waals surface area contributed by atoms with Crippen LogP contribution in [0.5, 0.6) is 0 Å². The number of carbonyl (C=O) groups excluding carboxylic acids is 1. The first kappa shape index (κ1) is 13.8. The standard InChI is InChI=1S/C18H9F3O2/c19-18(20,21)17(22)15-12-7-3-2-6-11(12)13-9-10-5-1-4-8-14(10)23-16(13)15/h1-9H. The van der Waals surface area contributed by atoms with Gasteiger partial charge in [0.05, 0.1) is 5.56 Å². The minimum Gasteiger partial charge on any atom is -0.455 e. The fourth-order valence-corrected chi connectivity index (χ4v) is 2.89. The SMILES string of the molecule is O=C(c1c2oc3ccccc3cc-2c2ccccc12)C(F)(F)F. The largest absolute Gasteiger partial charge is 0.455 e. The van der Waals surface area contributed by atoms with Gasteiger partial charge >= 0.3 is 6.18 Å². The predicted molar refractivity (Wildman–Crippen MR) is 80.7 cm³/mol. The number of fused-ring (bicyclic) bond motifs is 4. The molecule has 2 aliphatic rings. The monoisotopic (exact) mass is 314 g/mol. The van der Waals surface area contributed by atoms with Gasteiger partial charge in [0, 0.05) is 10.9 Å². The highest BCUT2D eigenvalue weighted by atomic mass is 19.4. The van der Waals surface area contributed by atoms with Crippen molar-refractivity contribution in [2.75, 3.05) is 0 Å². The second-order valence-electron chi connectivity index (χ2n) is 5.27. The third-order valence-corrected chi connectivity index (χ3v) is 3.87. The zero-order valence-electron chi connectivity index (χ0n) is 11.6. The minimum atomic E-state index is -4.95.